The lowest BCUT2D eigenvalue weighted by atomic mass is 9.98. The standard InChI is InChI=1S/C16H23N3O3S/c20-15-4-3-12(10-17-15)16(21)18-11-13(14-2-1-9-23-14)19-5-7-22-8-6-19/h1-2,9,12-13H,3-8,10-11H2,(H,17,20)(H,18,21)/t12-,13+/m1/s1. The number of rotatable bonds is 5. The number of carbonyl (C=O) groups excluding carboxylic acids is 2. The number of piperidine rings is 1. The van der Waals surface area contributed by atoms with Crippen LogP contribution in [-0.4, -0.2) is 56.1 Å². The van der Waals surface area contributed by atoms with Crippen molar-refractivity contribution in [3.8, 4) is 0 Å². The van der Waals surface area contributed by atoms with E-state index in [0.29, 0.717) is 25.9 Å². The topological polar surface area (TPSA) is 70.7 Å². The molecular formula is C16H23N3O3S. The molecule has 0 saturated carbocycles. The van der Waals surface area contributed by atoms with Gasteiger partial charge >= 0.3 is 0 Å². The molecule has 3 heterocycles. The van der Waals surface area contributed by atoms with Crippen LogP contribution < -0.4 is 10.6 Å². The minimum atomic E-state index is -0.110. The van der Waals surface area contributed by atoms with E-state index in [1.54, 1.807) is 11.3 Å². The molecule has 1 aromatic rings. The molecule has 1 aromatic heterocycles. The highest BCUT2D eigenvalue weighted by Gasteiger charge is 2.27. The SMILES string of the molecule is O=C1CC[C@@H](C(=O)NC[C@@H](c2cccs2)N2CCOCC2)CN1. The first-order chi connectivity index (χ1) is 11.2. The largest absolute Gasteiger partial charge is 0.379 e. The van der Waals surface area contributed by atoms with Crippen LogP contribution in [0.5, 0.6) is 0 Å². The molecule has 2 fully saturated rings. The molecule has 7 heteroatoms. The molecule has 126 valence electrons. The first-order valence-corrected chi connectivity index (χ1v) is 9.01. The van der Waals surface area contributed by atoms with Gasteiger partial charge in [0.15, 0.2) is 0 Å². The molecule has 0 unspecified atom stereocenters. The van der Waals surface area contributed by atoms with Crippen LogP contribution in [0.3, 0.4) is 0 Å². The second-order valence-corrected chi connectivity index (χ2v) is 6.94. The Kier molecular flexibility index (Phi) is 5.64. The summed E-state index contributed by atoms with van der Waals surface area (Å²) in [5, 5.41) is 7.92. The normalized spacial score (nSPS) is 24.0. The number of thiophene rings is 1. The lowest BCUT2D eigenvalue weighted by Gasteiger charge is -2.34. The van der Waals surface area contributed by atoms with Crippen LogP contribution in [0.1, 0.15) is 23.8 Å². The van der Waals surface area contributed by atoms with Crippen molar-refractivity contribution in [2.24, 2.45) is 5.92 Å². The average Bonchev–Trinajstić information content (AvgIpc) is 3.11. The van der Waals surface area contributed by atoms with Crippen molar-refractivity contribution >= 4 is 23.2 Å². The summed E-state index contributed by atoms with van der Waals surface area (Å²) in [6, 6.07) is 4.37. The Labute approximate surface area is 140 Å². The maximum atomic E-state index is 12.4. The van der Waals surface area contributed by atoms with Crippen LogP contribution in [0, 0.1) is 5.92 Å². The van der Waals surface area contributed by atoms with E-state index in [1.807, 2.05) is 6.07 Å². The Balaban J connectivity index is 1.57. The Bertz CT molecular complexity index is 519. The summed E-state index contributed by atoms with van der Waals surface area (Å²) in [5.74, 6) is -0.0278. The molecule has 2 aliphatic heterocycles. The number of ether oxygens (including phenoxy) is 1. The van der Waals surface area contributed by atoms with Crippen LogP contribution in [0.15, 0.2) is 17.5 Å². The number of carbonyl (C=O) groups is 2. The second-order valence-electron chi connectivity index (χ2n) is 5.96. The van der Waals surface area contributed by atoms with Gasteiger partial charge in [0, 0.05) is 37.5 Å². The summed E-state index contributed by atoms with van der Waals surface area (Å²) in [7, 11) is 0. The van der Waals surface area contributed by atoms with Crippen molar-refractivity contribution in [3.05, 3.63) is 22.4 Å². The highest BCUT2D eigenvalue weighted by atomic mass is 32.1. The van der Waals surface area contributed by atoms with Crippen molar-refractivity contribution in [3.63, 3.8) is 0 Å². The second kappa shape index (κ2) is 7.90. The zero-order chi connectivity index (χ0) is 16.1. The van der Waals surface area contributed by atoms with Crippen molar-refractivity contribution in [1.82, 2.24) is 15.5 Å². The maximum absolute atomic E-state index is 12.4. The monoisotopic (exact) mass is 337 g/mol. The maximum Gasteiger partial charge on any atom is 0.224 e. The van der Waals surface area contributed by atoms with Crippen molar-refractivity contribution in [1.29, 1.82) is 0 Å². The van der Waals surface area contributed by atoms with E-state index in [9.17, 15) is 9.59 Å². The highest BCUT2D eigenvalue weighted by molar-refractivity contribution is 7.10. The smallest absolute Gasteiger partial charge is 0.224 e. The van der Waals surface area contributed by atoms with Gasteiger partial charge in [0.2, 0.25) is 11.8 Å². The summed E-state index contributed by atoms with van der Waals surface area (Å²) < 4.78 is 5.43. The van der Waals surface area contributed by atoms with E-state index >= 15 is 0 Å². The number of morpholine rings is 1. The Hall–Kier alpha value is -1.44. The van der Waals surface area contributed by atoms with Crippen molar-refractivity contribution in [2.75, 3.05) is 39.4 Å². The van der Waals surface area contributed by atoms with Gasteiger partial charge in [0.1, 0.15) is 0 Å². The minimum absolute atomic E-state index is 0.0406. The quantitative estimate of drug-likeness (QED) is 0.832. The predicted octanol–water partition coefficient (Wildman–Crippen LogP) is 0.764. The fourth-order valence-corrected chi connectivity index (χ4v) is 3.94. The number of nitrogens with zero attached hydrogens (tertiary/aromatic N) is 1. The molecule has 0 radical (unpaired) electrons. The van der Waals surface area contributed by atoms with Crippen LogP contribution in [0.4, 0.5) is 0 Å². The number of hydrogen-bond donors (Lipinski definition) is 2. The van der Waals surface area contributed by atoms with Crippen LogP contribution in [0.25, 0.3) is 0 Å². The van der Waals surface area contributed by atoms with Gasteiger partial charge in [-0.1, -0.05) is 6.07 Å². The third kappa shape index (κ3) is 4.31. The fraction of sp³-hybridized carbons (Fsp3) is 0.625. The molecule has 0 aromatic carbocycles. The Morgan fingerprint density at radius 2 is 2.30 bits per heavy atom. The van der Waals surface area contributed by atoms with Gasteiger partial charge in [0.05, 0.1) is 25.2 Å². The van der Waals surface area contributed by atoms with Crippen molar-refractivity contribution < 1.29 is 14.3 Å². The number of amides is 2. The molecule has 0 aliphatic carbocycles. The third-order valence-electron chi connectivity index (χ3n) is 4.46. The first kappa shape index (κ1) is 16.4. The molecule has 23 heavy (non-hydrogen) atoms. The summed E-state index contributed by atoms with van der Waals surface area (Å²) in [4.78, 5) is 27.2. The van der Waals surface area contributed by atoms with Gasteiger partial charge in [-0.05, 0) is 17.9 Å². The van der Waals surface area contributed by atoms with Gasteiger partial charge in [-0.2, -0.15) is 0 Å². The molecule has 2 amide bonds. The molecule has 0 bridgehead atoms. The molecule has 0 spiro atoms. The third-order valence-corrected chi connectivity index (χ3v) is 5.44. The summed E-state index contributed by atoms with van der Waals surface area (Å²) in [6.07, 6.45) is 1.08. The van der Waals surface area contributed by atoms with Gasteiger partial charge < -0.3 is 15.4 Å². The molecule has 2 N–H and O–H groups in total. The molecule has 6 nitrogen and oxygen atoms in total. The van der Waals surface area contributed by atoms with Crippen LogP contribution in [-0.2, 0) is 14.3 Å². The molecule has 3 rings (SSSR count). The van der Waals surface area contributed by atoms with Crippen molar-refractivity contribution in [2.45, 2.75) is 18.9 Å². The molecule has 2 atom stereocenters. The van der Waals surface area contributed by atoms with E-state index in [4.69, 9.17) is 4.74 Å². The predicted molar refractivity (Wildman–Crippen MR) is 88.2 cm³/mol. The summed E-state index contributed by atoms with van der Waals surface area (Å²) >= 11 is 1.72. The van der Waals surface area contributed by atoms with Gasteiger partial charge in [0.25, 0.3) is 0 Å². The van der Waals surface area contributed by atoms with Gasteiger partial charge in [-0.25, -0.2) is 0 Å². The zero-order valence-corrected chi connectivity index (χ0v) is 13.9. The fourth-order valence-electron chi connectivity index (χ4n) is 3.08. The molecule has 2 aliphatic rings. The van der Waals surface area contributed by atoms with E-state index in [1.165, 1.54) is 4.88 Å². The minimum Gasteiger partial charge on any atom is -0.379 e. The Morgan fingerprint density at radius 3 is 2.96 bits per heavy atom. The van der Waals surface area contributed by atoms with Crippen LogP contribution >= 0.6 is 11.3 Å². The Morgan fingerprint density at radius 1 is 1.48 bits per heavy atom. The zero-order valence-electron chi connectivity index (χ0n) is 13.1. The highest BCUT2D eigenvalue weighted by Crippen LogP contribution is 2.25. The van der Waals surface area contributed by atoms with Crippen LogP contribution in [0.2, 0.25) is 0 Å². The van der Waals surface area contributed by atoms with Gasteiger partial charge in [-0.3, -0.25) is 14.5 Å². The van der Waals surface area contributed by atoms with E-state index in [-0.39, 0.29) is 23.8 Å². The number of hydrogen-bond acceptors (Lipinski definition) is 5. The summed E-state index contributed by atoms with van der Waals surface area (Å²) in [5.41, 5.74) is 0. The first-order valence-electron chi connectivity index (χ1n) is 8.13. The van der Waals surface area contributed by atoms with Gasteiger partial charge in [-0.15, -0.1) is 11.3 Å². The van der Waals surface area contributed by atoms with E-state index < -0.39 is 0 Å². The van der Waals surface area contributed by atoms with E-state index in [2.05, 4.69) is 27.0 Å². The average molecular weight is 337 g/mol. The lowest BCUT2D eigenvalue weighted by molar-refractivity contribution is -0.129. The van der Waals surface area contributed by atoms with E-state index in [0.717, 1.165) is 26.3 Å². The molecule has 2 saturated heterocycles. The summed E-state index contributed by atoms with van der Waals surface area (Å²) in [6.45, 7) is 4.31. The number of nitrogens with one attached hydrogen (secondary N) is 2. The molecular weight excluding hydrogens is 314 g/mol. The lowest BCUT2D eigenvalue weighted by Crippen LogP contribution is -2.47.